The highest BCUT2D eigenvalue weighted by molar-refractivity contribution is 5.80. The number of carbonyl (C=O) groups is 2. The normalized spacial score (nSPS) is 44.0. The van der Waals surface area contributed by atoms with Crippen molar-refractivity contribution in [3.63, 3.8) is 0 Å². The SMILES string of the molecule is CN(CC1CCC(NC(=O)C2CC3CCC2O3)CC1)C(=O)C1CC2CCC1O2. The standard InChI is InChI=1S/C22H34N2O4/c1-24(22(26)18-11-16-7-9-20(18)28-16)12-13-2-4-14(5-3-13)23-21(25)17-10-15-6-8-19(17)27-15/h13-20H,2-12H2,1H3,(H,23,25). The Morgan fingerprint density at radius 3 is 2.00 bits per heavy atom. The average molecular weight is 391 g/mol. The van der Waals surface area contributed by atoms with E-state index < -0.39 is 0 Å². The van der Waals surface area contributed by atoms with E-state index in [4.69, 9.17) is 9.47 Å². The number of hydrogen-bond acceptors (Lipinski definition) is 4. The van der Waals surface area contributed by atoms with E-state index in [1.807, 2.05) is 11.9 Å². The Hall–Kier alpha value is -1.14. The van der Waals surface area contributed by atoms with Crippen molar-refractivity contribution in [3.05, 3.63) is 0 Å². The third-order valence-corrected chi connectivity index (χ3v) is 7.97. The minimum Gasteiger partial charge on any atom is -0.374 e. The lowest BCUT2D eigenvalue weighted by molar-refractivity contribution is -0.136. The number of nitrogens with zero attached hydrogens (tertiary/aromatic N) is 1. The lowest BCUT2D eigenvalue weighted by Crippen LogP contribution is -2.45. The molecule has 6 unspecified atom stereocenters. The number of rotatable bonds is 5. The van der Waals surface area contributed by atoms with Gasteiger partial charge in [0.2, 0.25) is 11.8 Å². The fourth-order valence-corrected chi connectivity index (χ4v) is 6.37. The van der Waals surface area contributed by atoms with Crippen molar-refractivity contribution in [2.24, 2.45) is 17.8 Å². The Bertz CT molecular complexity index is 618. The van der Waals surface area contributed by atoms with Gasteiger partial charge in [-0.2, -0.15) is 0 Å². The third kappa shape index (κ3) is 3.58. The second-order valence-corrected chi connectivity index (χ2v) is 9.88. The van der Waals surface area contributed by atoms with Gasteiger partial charge in [0, 0.05) is 19.6 Å². The van der Waals surface area contributed by atoms with Crippen LogP contribution in [0.5, 0.6) is 0 Å². The van der Waals surface area contributed by atoms with Gasteiger partial charge in [0.1, 0.15) is 0 Å². The highest BCUT2D eigenvalue weighted by Crippen LogP contribution is 2.40. The van der Waals surface area contributed by atoms with Gasteiger partial charge in [-0.05, 0) is 70.1 Å². The largest absolute Gasteiger partial charge is 0.374 e. The van der Waals surface area contributed by atoms with Crippen molar-refractivity contribution < 1.29 is 19.1 Å². The zero-order chi connectivity index (χ0) is 19.3. The van der Waals surface area contributed by atoms with Gasteiger partial charge in [-0.1, -0.05) is 0 Å². The first-order chi connectivity index (χ1) is 13.6. The van der Waals surface area contributed by atoms with Crippen LogP contribution in [0.15, 0.2) is 0 Å². The molecule has 0 spiro atoms. The van der Waals surface area contributed by atoms with E-state index in [1.165, 1.54) is 0 Å². The molecule has 4 heterocycles. The number of fused-ring (bicyclic) bond motifs is 4. The fourth-order valence-electron chi connectivity index (χ4n) is 6.37. The first-order valence-electron chi connectivity index (χ1n) is 11.4. The molecule has 1 N–H and O–H groups in total. The van der Waals surface area contributed by atoms with Crippen LogP contribution in [-0.2, 0) is 19.1 Å². The predicted octanol–water partition coefficient (Wildman–Crippen LogP) is 2.25. The first-order valence-corrected chi connectivity index (χ1v) is 11.4. The Morgan fingerprint density at radius 2 is 1.46 bits per heavy atom. The molecular weight excluding hydrogens is 356 g/mol. The second kappa shape index (κ2) is 7.60. The van der Waals surface area contributed by atoms with Crippen LogP contribution in [0.4, 0.5) is 0 Å². The van der Waals surface area contributed by atoms with Crippen LogP contribution >= 0.6 is 0 Å². The minimum absolute atomic E-state index is 0.0733. The van der Waals surface area contributed by atoms with E-state index in [0.717, 1.165) is 70.8 Å². The van der Waals surface area contributed by atoms with Gasteiger partial charge in [-0.3, -0.25) is 9.59 Å². The summed E-state index contributed by atoms with van der Waals surface area (Å²) in [6, 6.07) is 0.294. The molecular formula is C22H34N2O4. The molecule has 28 heavy (non-hydrogen) atoms. The Balaban J connectivity index is 1.05. The molecule has 5 fully saturated rings. The van der Waals surface area contributed by atoms with E-state index in [-0.39, 0.29) is 35.9 Å². The summed E-state index contributed by atoms with van der Waals surface area (Å²) in [6.45, 7) is 0.841. The topological polar surface area (TPSA) is 67.9 Å². The number of hydrogen-bond donors (Lipinski definition) is 1. The van der Waals surface area contributed by atoms with Gasteiger partial charge in [0.25, 0.3) is 0 Å². The molecule has 4 aliphatic heterocycles. The highest BCUT2D eigenvalue weighted by atomic mass is 16.5. The van der Waals surface area contributed by atoms with Gasteiger partial charge < -0.3 is 19.7 Å². The summed E-state index contributed by atoms with van der Waals surface area (Å²) in [4.78, 5) is 27.4. The molecule has 1 aliphatic carbocycles. The maximum absolute atomic E-state index is 12.8. The number of ether oxygens (including phenoxy) is 2. The van der Waals surface area contributed by atoms with Crippen LogP contribution in [0.2, 0.25) is 0 Å². The molecule has 1 saturated carbocycles. The van der Waals surface area contributed by atoms with Crippen molar-refractivity contribution in [1.82, 2.24) is 10.2 Å². The fraction of sp³-hybridized carbons (Fsp3) is 0.909. The second-order valence-electron chi connectivity index (χ2n) is 9.88. The summed E-state index contributed by atoms with van der Waals surface area (Å²) in [5.74, 6) is 1.19. The quantitative estimate of drug-likeness (QED) is 0.782. The molecule has 0 radical (unpaired) electrons. The molecule has 0 aromatic heterocycles. The van der Waals surface area contributed by atoms with Crippen LogP contribution in [0.25, 0.3) is 0 Å². The average Bonchev–Trinajstić information content (AvgIpc) is 3.49. The van der Waals surface area contributed by atoms with E-state index in [0.29, 0.717) is 24.2 Å². The molecule has 6 nitrogen and oxygen atoms in total. The molecule has 156 valence electrons. The Labute approximate surface area is 167 Å². The monoisotopic (exact) mass is 390 g/mol. The number of carbonyl (C=O) groups excluding carboxylic acids is 2. The molecule has 4 saturated heterocycles. The minimum atomic E-state index is 0.0733. The van der Waals surface area contributed by atoms with E-state index >= 15 is 0 Å². The molecule has 5 rings (SSSR count). The van der Waals surface area contributed by atoms with Crippen LogP contribution < -0.4 is 5.32 Å². The van der Waals surface area contributed by atoms with Crippen LogP contribution in [0.1, 0.15) is 64.2 Å². The third-order valence-electron chi connectivity index (χ3n) is 7.97. The maximum atomic E-state index is 12.8. The predicted molar refractivity (Wildman–Crippen MR) is 104 cm³/mol. The lowest BCUT2D eigenvalue weighted by Gasteiger charge is -2.33. The zero-order valence-corrected chi connectivity index (χ0v) is 17.0. The summed E-state index contributed by atoms with van der Waals surface area (Å²) < 4.78 is 11.7. The highest BCUT2D eigenvalue weighted by Gasteiger charge is 2.46. The number of nitrogens with one attached hydrogen (secondary N) is 1. The van der Waals surface area contributed by atoms with Crippen LogP contribution in [0.3, 0.4) is 0 Å². The van der Waals surface area contributed by atoms with Gasteiger partial charge in [-0.15, -0.1) is 0 Å². The van der Waals surface area contributed by atoms with Crippen molar-refractivity contribution in [2.75, 3.05) is 13.6 Å². The van der Waals surface area contributed by atoms with Crippen LogP contribution in [-0.4, -0.2) is 60.8 Å². The molecule has 0 aromatic carbocycles. The van der Waals surface area contributed by atoms with Gasteiger partial charge >= 0.3 is 0 Å². The van der Waals surface area contributed by atoms with Crippen LogP contribution in [0, 0.1) is 17.8 Å². The zero-order valence-electron chi connectivity index (χ0n) is 17.0. The summed E-state index contributed by atoms with van der Waals surface area (Å²) in [7, 11) is 1.96. The van der Waals surface area contributed by atoms with Crippen molar-refractivity contribution >= 4 is 11.8 Å². The summed E-state index contributed by atoms with van der Waals surface area (Å²) >= 11 is 0. The number of amides is 2. The molecule has 6 atom stereocenters. The summed E-state index contributed by atoms with van der Waals surface area (Å²) in [6.07, 6.45) is 11.4. The smallest absolute Gasteiger partial charge is 0.228 e. The Morgan fingerprint density at radius 1 is 0.857 bits per heavy atom. The summed E-state index contributed by atoms with van der Waals surface area (Å²) in [5.41, 5.74) is 0. The molecule has 5 aliphatic rings. The van der Waals surface area contributed by atoms with Gasteiger partial charge in [-0.25, -0.2) is 0 Å². The van der Waals surface area contributed by atoms with Crippen molar-refractivity contribution in [2.45, 2.75) is 94.7 Å². The van der Waals surface area contributed by atoms with E-state index in [1.54, 1.807) is 0 Å². The lowest BCUT2D eigenvalue weighted by atomic mass is 9.84. The Kier molecular flexibility index (Phi) is 5.12. The van der Waals surface area contributed by atoms with E-state index in [9.17, 15) is 9.59 Å². The molecule has 6 heteroatoms. The summed E-state index contributed by atoms with van der Waals surface area (Å²) in [5, 5.41) is 3.29. The van der Waals surface area contributed by atoms with Gasteiger partial charge in [0.15, 0.2) is 0 Å². The first kappa shape index (κ1) is 18.9. The molecule has 0 aromatic rings. The van der Waals surface area contributed by atoms with E-state index in [2.05, 4.69) is 5.32 Å². The molecule has 4 bridgehead atoms. The van der Waals surface area contributed by atoms with Gasteiger partial charge in [0.05, 0.1) is 36.3 Å². The van der Waals surface area contributed by atoms with Crippen molar-refractivity contribution in [3.8, 4) is 0 Å². The van der Waals surface area contributed by atoms with Crippen molar-refractivity contribution in [1.29, 1.82) is 0 Å². The maximum Gasteiger partial charge on any atom is 0.228 e. The molecule has 2 amide bonds.